The quantitative estimate of drug-likeness (QED) is 0.595. The second kappa shape index (κ2) is 8.81. The van der Waals surface area contributed by atoms with Gasteiger partial charge in [-0.3, -0.25) is 9.59 Å². The first-order valence-corrected chi connectivity index (χ1v) is 9.00. The van der Waals surface area contributed by atoms with Gasteiger partial charge in [-0.2, -0.15) is 5.26 Å². The zero-order chi connectivity index (χ0) is 20.8. The van der Waals surface area contributed by atoms with E-state index >= 15 is 0 Å². The molecule has 3 aromatic rings. The van der Waals surface area contributed by atoms with Crippen molar-refractivity contribution in [2.45, 2.75) is 19.3 Å². The number of nitrogens with zero attached hydrogens (tertiary/aromatic N) is 2. The van der Waals surface area contributed by atoms with Gasteiger partial charge in [0.2, 0.25) is 0 Å². The maximum atomic E-state index is 12.2. The normalized spacial score (nSPS) is 10.3. The van der Waals surface area contributed by atoms with Crippen LogP contribution in [0.4, 0.5) is 0 Å². The Morgan fingerprint density at radius 3 is 2.24 bits per heavy atom. The monoisotopic (exact) mass is 386 g/mol. The number of pyridine rings is 1. The van der Waals surface area contributed by atoms with Crippen LogP contribution in [-0.4, -0.2) is 26.9 Å². The lowest BCUT2D eigenvalue weighted by Crippen LogP contribution is -2.09. The summed E-state index contributed by atoms with van der Waals surface area (Å²) in [5.74, 6) is -2.23. The van der Waals surface area contributed by atoms with E-state index in [1.54, 1.807) is 0 Å². The summed E-state index contributed by atoms with van der Waals surface area (Å²) >= 11 is 0. The lowest BCUT2D eigenvalue weighted by atomic mass is 10.0. The van der Waals surface area contributed by atoms with E-state index in [-0.39, 0.29) is 24.1 Å². The maximum Gasteiger partial charge on any atom is 0.303 e. The number of rotatable bonds is 7. The highest BCUT2D eigenvalue weighted by Crippen LogP contribution is 2.25. The van der Waals surface area contributed by atoms with E-state index in [0.29, 0.717) is 12.1 Å². The number of aromatic hydroxyl groups is 1. The van der Waals surface area contributed by atoms with Gasteiger partial charge in [0.1, 0.15) is 11.8 Å². The third kappa shape index (κ3) is 4.85. The number of carboxylic acid groups (broad SMARTS) is 1. The zero-order valence-electron chi connectivity index (χ0n) is 15.5. The molecule has 0 aliphatic rings. The van der Waals surface area contributed by atoms with Crippen molar-refractivity contribution in [3.05, 3.63) is 83.2 Å². The molecule has 6 nitrogen and oxygen atoms in total. The summed E-state index contributed by atoms with van der Waals surface area (Å²) in [5, 5.41) is 28.1. The number of nitriles is 1. The number of ketones is 1. The van der Waals surface area contributed by atoms with Crippen LogP contribution in [0.3, 0.4) is 0 Å². The largest absolute Gasteiger partial charge is 0.504 e. The van der Waals surface area contributed by atoms with Gasteiger partial charge in [-0.05, 0) is 22.8 Å². The predicted molar refractivity (Wildman–Crippen MR) is 107 cm³/mol. The molecule has 0 spiro atoms. The minimum atomic E-state index is -1.12. The number of benzene rings is 2. The molecule has 29 heavy (non-hydrogen) atoms. The Hall–Kier alpha value is -3.98. The van der Waals surface area contributed by atoms with E-state index in [2.05, 4.69) is 4.98 Å². The van der Waals surface area contributed by atoms with Gasteiger partial charge in [0, 0.05) is 18.5 Å². The highest BCUT2D eigenvalue weighted by Gasteiger charge is 2.19. The van der Waals surface area contributed by atoms with Gasteiger partial charge in [-0.1, -0.05) is 54.6 Å². The summed E-state index contributed by atoms with van der Waals surface area (Å²) in [6, 6.07) is 21.1. The summed E-state index contributed by atoms with van der Waals surface area (Å²) in [7, 11) is 0. The first-order valence-electron chi connectivity index (χ1n) is 9.00. The summed E-state index contributed by atoms with van der Waals surface area (Å²) in [4.78, 5) is 27.1. The minimum absolute atomic E-state index is 0.0606. The molecule has 2 N–H and O–H groups in total. The molecule has 0 aliphatic carbocycles. The molecular formula is C23H18N2O4. The van der Waals surface area contributed by atoms with Crippen LogP contribution in [0.15, 0.2) is 60.7 Å². The van der Waals surface area contributed by atoms with E-state index in [4.69, 9.17) is 5.11 Å². The van der Waals surface area contributed by atoms with E-state index in [0.717, 1.165) is 16.7 Å². The summed E-state index contributed by atoms with van der Waals surface area (Å²) in [6.45, 7) is 0. The maximum absolute atomic E-state index is 12.2. The average Bonchev–Trinajstić information content (AvgIpc) is 2.74. The van der Waals surface area contributed by atoms with Crippen molar-refractivity contribution in [1.82, 2.24) is 4.98 Å². The van der Waals surface area contributed by atoms with E-state index in [9.17, 15) is 20.0 Å². The second-order valence-electron chi connectivity index (χ2n) is 6.53. The molecule has 0 unspecified atom stereocenters. The van der Waals surface area contributed by atoms with Crippen molar-refractivity contribution in [3.8, 4) is 22.9 Å². The number of carbonyl (C=O) groups excluding carboxylic acids is 1. The van der Waals surface area contributed by atoms with Crippen LogP contribution < -0.4 is 0 Å². The Balaban J connectivity index is 1.85. The molecule has 0 aliphatic heterocycles. The Kier molecular flexibility index (Phi) is 6.00. The number of Topliss-reactive ketones (excluding diaryl/α,β-unsaturated/α-hetero) is 1. The van der Waals surface area contributed by atoms with Crippen LogP contribution in [0.1, 0.15) is 40.2 Å². The smallest absolute Gasteiger partial charge is 0.303 e. The SMILES string of the molecule is N#Cc1cc(Cc2ccc(-c3ccccc3)cc2)nc(C(=O)CCC(=O)O)c1O. The Labute approximate surface area is 167 Å². The molecular weight excluding hydrogens is 368 g/mol. The van der Waals surface area contributed by atoms with E-state index < -0.39 is 17.5 Å². The van der Waals surface area contributed by atoms with Crippen molar-refractivity contribution < 1.29 is 19.8 Å². The molecule has 0 radical (unpaired) electrons. The number of hydrogen-bond donors (Lipinski definition) is 2. The zero-order valence-corrected chi connectivity index (χ0v) is 15.5. The highest BCUT2D eigenvalue weighted by molar-refractivity contribution is 5.98. The van der Waals surface area contributed by atoms with Crippen LogP contribution in [0.5, 0.6) is 5.75 Å². The first-order chi connectivity index (χ1) is 14.0. The van der Waals surface area contributed by atoms with Crippen LogP contribution in [-0.2, 0) is 11.2 Å². The predicted octanol–water partition coefficient (Wildman–Crippen LogP) is 3.96. The molecule has 0 amide bonds. The van der Waals surface area contributed by atoms with Gasteiger partial charge in [0.05, 0.1) is 12.0 Å². The Bertz CT molecular complexity index is 1080. The van der Waals surface area contributed by atoms with Gasteiger partial charge >= 0.3 is 5.97 Å². The minimum Gasteiger partial charge on any atom is -0.504 e. The van der Waals surface area contributed by atoms with Gasteiger partial charge in [-0.15, -0.1) is 0 Å². The number of aromatic nitrogens is 1. The fourth-order valence-electron chi connectivity index (χ4n) is 2.96. The van der Waals surface area contributed by atoms with Crippen molar-refractivity contribution >= 4 is 11.8 Å². The van der Waals surface area contributed by atoms with Gasteiger partial charge in [0.15, 0.2) is 11.5 Å². The molecule has 1 aromatic heterocycles. The molecule has 0 saturated carbocycles. The van der Waals surface area contributed by atoms with Crippen LogP contribution in [0.25, 0.3) is 11.1 Å². The summed E-state index contributed by atoms with van der Waals surface area (Å²) < 4.78 is 0. The summed E-state index contributed by atoms with van der Waals surface area (Å²) in [6.07, 6.45) is -0.299. The average molecular weight is 386 g/mol. The second-order valence-corrected chi connectivity index (χ2v) is 6.53. The molecule has 3 rings (SSSR count). The Morgan fingerprint density at radius 2 is 1.62 bits per heavy atom. The first kappa shape index (κ1) is 19.8. The van der Waals surface area contributed by atoms with E-state index in [1.165, 1.54) is 6.07 Å². The molecule has 1 heterocycles. The van der Waals surface area contributed by atoms with E-state index in [1.807, 2.05) is 60.7 Å². The van der Waals surface area contributed by atoms with Crippen molar-refractivity contribution in [2.24, 2.45) is 0 Å². The van der Waals surface area contributed by atoms with Crippen molar-refractivity contribution in [1.29, 1.82) is 5.26 Å². The fourth-order valence-corrected chi connectivity index (χ4v) is 2.96. The van der Waals surface area contributed by atoms with Crippen LogP contribution >= 0.6 is 0 Å². The molecule has 144 valence electrons. The molecule has 0 bridgehead atoms. The van der Waals surface area contributed by atoms with Crippen molar-refractivity contribution in [2.75, 3.05) is 0 Å². The number of carbonyl (C=O) groups is 2. The highest BCUT2D eigenvalue weighted by atomic mass is 16.4. The van der Waals surface area contributed by atoms with Gasteiger partial charge in [0.25, 0.3) is 0 Å². The molecule has 0 saturated heterocycles. The fraction of sp³-hybridized carbons (Fsp3) is 0.130. The molecule has 2 aromatic carbocycles. The molecule has 0 fully saturated rings. The topological polar surface area (TPSA) is 111 Å². The van der Waals surface area contributed by atoms with Crippen LogP contribution in [0, 0.1) is 11.3 Å². The molecule has 0 atom stereocenters. The van der Waals surface area contributed by atoms with Gasteiger partial charge in [-0.25, -0.2) is 4.98 Å². The lowest BCUT2D eigenvalue weighted by Gasteiger charge is -2.09. The Morgan fingerprint density at radius 1 is 0.966 bits per heavy atom. The number of carboxylic acids is 1. The number of hydrogen-bond acceptors (Lipinski definition) is 5. The summed E-state index contributed by atoms with van der Waals surface area (Å²) in [5.41, 5.74) is 3.21. The molecule has 6 heteroatoms. The van der Waals surface area contributed by atoms with Crippen LogP contribution in [0.2, 0.25) is 0 Å². The van der Waals surface area contributed by atoms with Gasteiger partial charge < -0.3 is 10.2 Å². The number of aliphatic carboxylic acids is 1. The lowest BCUT2D eigenvalue weighted by molar-refractivity contribution is -0.136. The third-order valence-corrected chi connectivity index (χ3v) is 4.44. The van der Waals surface area contributed by atoms with Crippen molar-refractivity contribution in [3.63, 3.8) is 0 Å². The standard InChI is InChI=1S/C23H18N2O4/c24-14-18-13-19(25-22(23(18)29)20(26)10-11-21(27)28)12-15-6-8-17(9-7-15)16-4-2-1-3-5-16/h1-9,13,29H,10-12H2,(H,27,28). The third-order valence-electron chi connectivity index (χ3n) is 4.44.